The molecule has 1 saturated heterocycles. The number of carbonyl (C=O) groups is 1. The number of anilines is 1. The van der Waals surface area contributed by atoms with Crippen LogP contribution in [-0.2, 0) is 11.4 Å². The Hall–Kier alpha value is -2.43. The zero-order chi connectivity index (χ0) is 16.1. The van der Waals surface area contributed by atoms with Crippen molar-refractivity contribution in [3.63, 3.8) is 0 Å². The van der Waals surface area contributed by atoms with Crippen LogP contribution >= 0.6 is 0 Å². The van der Waals surface area contributed by atoms with Crippen LogP contribution in [0.15, 0.2) is 47.1 Å². The molecular weight excluding hydrogens is 292 g/mol. The number of para-hydroxylation sites is 2. The van der Waals surface area contributed by atoms with E-state index in [0.717, 1.165) is 43.1 Å². The van der Waals surface area contributed by atoms with Gasteiger partial charge in [0.05, 0.1) is 12.0 Å². The van der Waals surface area contributed by atoms with Crippen molar-refractivity contribution in [3.05, 3.63) is 48.4 Å². The van der Waals surface area contributed by atoms with Crippen molar-refractivity contribution >= 4 is 11.6 Å². The summed E-state index contributed by atoms with van der Waals surface area (Å²) in [5.41, 5.74) is 0.986. The topological polar surface area (TPSA) is 54.7 Å². The minimum Gasteiger partial charge on any atom is -0.483 e. The summed E-state index contributed by atoms with van der Waals surface area (Å²) in [6.07, 6.45) is 3.55. The molecule has 1 fully saturated rings. The van der Waals surface area contributed by atoms with Gasteiger partial charge in [0.2, 0.25) is 5.91 Å². The number of amides is 1. The molecule has 3 rings (SSSR count). The highest BCUT2D eigenvalue weighted by atomic mass is 16.5. The van der Waals surface area contributed by atoms with Gasteiger partial charge in [-0.05, 0) is 37.1 Å². The van der Waals surface area contributed by atoms with E-state index in [1.807, 2.05) is 41.3 Å². The Kier molecular flexibility index (Phi) is 4.86. The van der Waals surface area contributed by atoms with E-state index in [-0.39, 0.29) is 5.91 Å². The Morgan fingerprint density at radius 3 is 2.74 bits per heavy atom. The minimum absolute atomic E-state index is 0.158. The highest BCUT2D eigenvalue weighted by Crippen LogP contribution is 2.27. The highest BCUT2D eigenvalue weighted by Gasteiger charge is 2.21. The summed E-state index contributed by atoms with van der Waals surface area (Å²) in [4.78, 5) is 13.3. The van der Waals surface area contributed by atoms with Gasteiger partial charge >= 0.3 is 0 Å². The predicted octanol–water partition coefficient (Wildman–Crippen LogP) is 3.28. The van der Waals surface area contributed by atoms with Crippen LogP contribution in [0.25, 0.3) is 0 Å². The Balaban J connectivity index is 1.58. The summed E-state index contributed by atoms with van der Waals surface area (Å²) in [6, 6.07) is 12.0. The number of ether oxygens (including phenoxy) is 1. The van der Waals surface area contributed by atoms with Crippen molar-refractivity contribution < 1.29 is 13.9 Å². The predicted molar refractivity (Wildman–Crippen MR) is 88.4 cm³/mol. The first-order valence-electron chi connectivity index (χ1n) is 7.98. The highest BCUT2D eigenvalue weighted by molar-refractivity contribution is 5.73. The number of piperidine rings is 1. The van der Waals surface area contributed by atoms with Crippen molar-refractivity contribution in [2.24, 2.45) is 0 Å². The molecule has 5 nitrogen and oxygen atoms in total. The normalized spacial score (nSPS) is 15.4. The number of carbonyl (C=O) groups excluding carboxylic acids is 1. The molecule has 0 aliphatic carbocycles. The smallest absolute Gasteiger partial charge is 0.219 e. The SMILES string of the molecule is CC(=O)N1CCC(Nc2ccccc2OCc2ccco2)CC1. The third kappa shape index (κ3) is 4.06. The minimum atomic E-state index is 0.158. The lowest BCUT2D eigenvalue weighted by molar-refractivity contribution is -0.129. The second-order valence-electron chi connectivity index (χ2n) is 5.79. The molecule has 1 amide bonds. The maximum Gasteiger partial charge on any atom is 0.219 e. The van der Waals surface area contributed by atoms with E-state index in [9.17, 15) is 4.79 Å². The van der Waals surface area contributed by atoms with Gasteiger partial charge in [0, 0.05) is 26.1 Å². The van der Waals surface area contributed by atoms with Crippen LogP contribution < -0.4 is 10.1 Å². The number of hydrogen-bond acceptors (Lipinski definition) is 4. The lowest BCUT2D eigenvalue weighted by atomic mass is 10.0. The van der Waals surface area contributed by atoms with Crippen molar-refractivity contribution in [2.45, 2.75) is 32.4 Å². The number of furan rings is 1. The Morgan fingerprint density at radius 1 is 1.26 bits per heavy atom. The van der Waals surface area contributed by atoms with Crippen LogP contribution in [0.2, 0.25) is 0 Å². The fourth-order valence-electron chi connectivity index (χ4n) is 2.81. The maximum absolute atomic E-state index is 11.4. The van der Waals surface area contributed by atoms with Crippen LogP contribution in [0.3, 0.4) is 0 Å². The fourth-order valence-corrected chi connectivity index (χ4v) is 2.81. The Bertz CT molecular complexity index is 631. The summed E-state index contributed by atoms with van der Waals surface area (Å²) in [5.74, 6) is 1.78. The third-order valence-electron chi connectivity index (χ3n) is 4.14. The third-order valence-corrected chi connectivity index (χ3v) is 4.14. The van der Waals surface area contributed by atoms with E-state index < -0.39 is 0 Å². The zero-order valence-corrected chi connectivity index (χ0v) is 13.3. The standard InChI is InChI=1S/C18H22N2O3/c1-14(21)20-10-8-15(9-11-20)19-17-6-2-3-7-18(17)23-13-16-5-4-12-22-16/h2-7,12,15,19H,8-11,13H2,1H3. The quantitative estimate of drug-likeness (QED) is 0.920. The van der Waals surface area contributed by atoms with Gasteiger partial charge in [-0.3, -0.25) is 4.79 Å². The summed E-state index contributed by atoms with van der Waals surface area (Å²) in [6.45, 7) is 3.66. The summed E-state index contributed by atoms with van der Waals surface area (Å²) in [7, 11) is 0. The molecule has 2 aromatic rings. The second-order valence-corrected chi connectivity index (χ2v) is 5.79. The van der Waals surface area contributed by atoms with E-state index in [1.165, 1.54) is 0 Å². The van der Waals surface area contributed by atoms with Gasteiger partial charge in [0.25, 0.3) is 0 Å². The fraction of sp³-hybridized carbons (Fsp3) is 0.389. The molecule has 0 saturated carbocycles. The first-order valence-corrected chi connectivity index (χ1v) is 7.98. The van der Waals surface area contributed by atoms with Crippen LogP contribution in [0.5, 0.6) is 5.75 Å². The van der Waals surface area contributed by atoms with Crippen LogP contribution in [-0.4, -0.2) is 29.9 Å². The monoisotopic (exact) mass is 314 g/mol. The molecule has 1 N–H and O–H groups in total. The molecule has 0 radical (unpaired) electrons. The Labute approximate surface area is 136 Å². The van der Waals surface area contributed by atoms with Crippen molar-refractivity contribution in [1.82, 2.24) is 4.90 Å². The first-order chi connectivity index (χ1) is 11.2. The first kappa shape index (κ1) is 15.5. The lowest BCUT2D eigenvalue weighted by Gasteiger charge is -2.32. The van der Waals surface area contributed by atoms with Crippen molar-refractivity contribution in [3.8, 4) is 5.75 Å². The van der Waals surface area contributed by atoms with Gasteiger partial charge in [0.1, 0.15) is 18.1 Å². The van der Waals surface area contributed by atoms with Crippen molar-refractivity contribution in [1.29, 1.82) is 0 Å². The molecule has 1 aromatic carbocycles. The molecule has 1 aliphatic heterocycles. The van der Waals surface area contributed by atoms with E-state index in [2.05, 4.69) is 5.32 Å². The molecular formula is C18H22N2O3. The molecule has 1 aromatic heterocycles. The summed E-state index contributed by atoms with van der Waals surface area (Å²) >= 11 is 0. The van der Waals surface area contributed by atoms with Gasteiger partial charge in [-0.15, -0.1) is 0 Å². The molecule has 0 atom stereocenters. The molecule has 0 spiro atoms. The summed E-state index contributed by atoms with van der Waals surface area (Å²) in [5, 5.41) is 3.55. The molecule has 2 heterocycles. The molecule has 5 heteroatoms. The Morgan fingerprint density at radius 2 is 2.04 bits per heavy atom. The zero-order valence-electron chi connectivity index (χ0n) is 13.3. The van der Waals surface area contributed by atoms with Crippen LogP contribution in [0, 0.1) is 0 Å². The van der Waals surface area contributed by atoms with E-state index in [1.54, 1.807) is 13.2 Å². The number of nitrogens with one attached hydrogen (secondary N) is 1. The number of likely N-dealkylation sites (tertiary alicyclic amines) is 1. The average molecular weight is 314 g/mol. The average Bonchev–Trinajstić information content (AvgIpc) is 3.08. The molecule has 23 heavy (non-hydrogen) atoms. The van der Waals surface area contributed by atoms with E-state index >= 15 is 0 Å². The number of nitrogens with zero attached hydrogens (tertiary/aromatic N) is 1. The molecule has 0 bridgehead atoms. The molecule has 1 aliphatic rings. The van der Waals surface area contributed by atoms with Crippen molar-refractivity contribution in [2.75, 3.05) is 18.4 Å². The number of rotatable bonds is 5. The number of hydrogen-bond donors (Lipinski definition) is 1. The second kappa shape index (κ2) is 7.22. The molecule has 0 unspecified atom stereocenters. The maximum atomic E-state index is 11.4. The van der Waals surface area contributed by atoms with Gasteiger partial charge in [-0.25, -0.2) is 0 Å². The van der Waals surface area contributed by atoms with E-state index in [0.29, 0.717) is 12.6 Å². The van der Waals surface area contributed by atoms with Gasteiger partial charge in [-0.2, -0.15) is 0 Å². The van der Waals surface area contributed by atoms with Gasteiger partial charge in [-0.1, -0.05) is 12.1 Å². The van der Waals surface area contributed by atoms with Crippen LogP contribution in [0.1, 0.15) is 25.5 Å². The van der Waals surface area contributed by atoms with E-state index in [4.69, 9.17) is 9.15 Å². The molecule has 122 valence electrons. The summed E-state index contributed by atoms with van der Waals surface area (Å²) < 4.78 is 11.2. The van der Waals surface area contributed by atoms with Crippen LogP contribution in [0.4, 0.5) is 5.69 Å². The number of benzene rings is 1. The van der Waals surface area contributed by atoms with Gasteiger partial charge in [0.15, 0.2) is 0 Å². The largest absolute Gasteiger partial charge is 0.483 e. The lowest BCUT2D eigenvalue weighted by Crippen LogP contribution is -2.41. The van der Waals surface area contributed by atoms with Gasteiger partial charge < -0.3 is 19.4 Å².